The highest BCUT2D eigenvalue weighted by atomic mass is 16.6. The number of alkyl carbamates (subject to hydrolysis) is 1. The number of amides is 4. The first-order chi connectivity index (χ1) is 17.9. The second-order valence-electron chi connectivity index (χ2n) is 10.7. The van der Waals surface area contributed by atoms with Gasteiger partial charge in [-0.3, -0.25) is 14.4 Å². The normalized spacial score (nSPS) is 14.7. The van der Waals surface area contributed by atoms with Crippen molar-refractivity contribution in [1.82, 2.24) is 10.2 Å². The Kier molecular flexibility index (Phi) is 9.14. The number of nitrogens with two attached hydrogens (primary N) is 1. The standard InChI is InChI=1S/C29H38N4O5/c1-18-10-9-11-19(2)24(18)32-26(35)25(20-12-7-6-8-13-20)33(21-14-15-21)27(36)22(16-17-23(30)34)31-28(37)38-29(3,4)5/h6-13,21-22,25H,14-17H2,1-5H3,(H2,30,34)(H,31,37)(H,32,35). The molecule has 0 bridgehead atoms. The molecule has 2 atom stereocenters. The highest BCUT2D eigenvalue weighted by Gasteiger charge is 2.44. The van der Waals surface area contributed by atoms with Gasteiger partial charge in [0.15, 0.2) is 0 Å². The Morgan fingerprint density at radius 3 is 2.13 bits per heavy atom. The molecule has 9 nitrogen and oxygen atoms in total. The van der Waals surface area contributed by atoms with Crippen LogP contribution in [-0.2, 0) is 19.1 Å². The number of carbonyl (C=O) groups excluding carboxylic acids is 4. The van der Waals surface area contributed by atoms with E-state index in [0.717, 1.165) is 24.0 Å². The third-order valence-electron chi connectivity index (χ3n) is 6.23. The topological polar surface area (TPSA) is 131 Å². The molecule has 0 saturated heterocycles. The molecule has 2 aromatic carbocycles. The van der Waals surface area contributed by atoms with E-state index in [-0.39, 0.29) is 24.8 Å². The van der Waals surface area contributed by atoms with Crippen molar-refractivity contribution in [2.45, 2.75) is 84.0 Å². The fourth-order valence-corrected chi connectivity index (χ4v) is 4.32. The molecule has 1 saturated carbocycles. The van der Waals surface area contributed by atoms with Crippen molar-refractivity contribution in [3.63, 3.8) is 0 Å². The molecule has 9 heteroatoms. The van der Waals surface area contributed by atoms with Gasteiger partial charge in [-0.25, -0.2) is 4.79 Å². The van der Waals surface area contributed by atoms with E-state index in [9.17, 15) is 19.2 Å². The zero-order chi connectivity index (χ0) is 28.0. The van der Waals surface area contributed by atoms with Crippen LogP contribution in [0.1, 0.15) is 69.2 Å². The smallest absolute Gasteiger partial charge is 0.408 e. The van der Waals surface area contributed by atoms with Crippen molar-refractivity contribution in [2.75, 3.05) is 5.32 Å². The van der Waals surface area contributed by atoms with Gasteiger partial charge in [-0.05, 0) is 70.6 Å². The Hall–Kier alpha value is -3.88. The van der Waals surface area contributed by atoms with Gasteiger partial charge in [0.25, 0.3) is 5.91 Å². The molecule has 0 aliphatic heterocycles. The number of hydrogen-bond donors (Lipinski definition) is 3. The molecule has 1 fully saturated rings. The molecule has 38 heavy (non-hydrogen) atoms. The van der Waals surface area contributed by atoms with E-state index in [0.29, 0.717) is 11.3 Å². The van der Waals surface area contributed by atoms with E-state index in [1.54, 1.807) is 37.8 Å². The highest BCUT2D eigenvalue weighted by molar-refractivity contribution is 6.00. The molecule has 4 amide bonds. The van der Waals surface area contributed by atoms with E-state index >= 15 is 0 Å². The van der Waals surface area contributed by atoms with Crippen molar-refractivity contribution in [2.24, 2.45) is 5.73 Å². The van der Waals surface area contributed by atoms with Crippen LogP contribution in [0.5, 0.6) is 0 Å². The van der Waals surface area contributed by atoms with Crippen molar-refractivity contribution in [3.8, 4) is 0 Å². The molecule has 0 spiro atoms. The first-order valence-corrected chi connectivity index (χ1v) is 12.9. The van der Waals surface area contributed by atoms with Crippen molar-refractivity contribution >= 4 is 29.5 Å². The number of para-hydroxylation sites is 1. The zero-order valence-electron chi connectivity index (χ0n) is 22.7. The Labute approximate surface area is 224 Å². The van der Waals surface area contributed by atoms with E-state index in [4.69, 9.17) is 10.5 Å². The maximum Gasteiger partial charge on any atom is 0.408 e. The Morgan fingerprint density at radius 2 is 1.61 bits per heavy atom. The molecule has 1 aliphatic carbocycles. The Balaban J connectivity index is 1.98. The first kappa shape index (κ1) is 28.7. The second kappa shape index (κ2) is 12.1. The van der Waals surface area contributed by atoms with Gasteiger partial charge >= 0.3 is 6.09 Å². The lowest BCUT2D eigenvalue weighted by Gasteiger charge is -2.35. The molecular weight excluding hydrogens is 484 g/mol. The summed E-state index contributed by atoms with van der Waals surface area (Å²) in [6.07, 6.45) is 0.528. The minimum atomic E-state index is -1.10. The van der Waals surface area contributed by atoms with Crippen LogP contribution in [0, 0.1) is 13.8 Å². The van der Waals surface area contributed by atoms with Crippen LogP contribution in [0.2, 0.25) is 0 Å². The van der Waals surface area contributed by atoms with E-state index in [1.165, 1.54) is 0 Å². The molecule has 1 aliphatic rings. The number of anilines is 1. The van der Waals surface area contributed by atoms with Crippen LogP contribution in [0.25, 0.3) is 0 Å². The van der Waals surface area contributed by atoms with Crippen LogP contribution >= 0.6 is 0 Å². The average Bonchev–Trinajstić information content (AvgIpc) is 3.66. The van der Waals surface area contributed by atoms with E-state index in [1.807, 2.05) is 50.2 Å². The fraction of sp³-hybridized carbons (Fsp3) is 0.448. The zero-order valence-corrected chi connectivity index (χ0v) is 22.7. The lowest BCUT2D eigenvalue weighted by atomic mass is 10.0. The number of nitrogens with zero attached hydrogens (tertiary/aromatic N) is 1. The monoisotopic (exact) mass is 522 g/mol. The van der Waals surface area contributed by atoms with E-state index < -0.39 is 35.6 Å². The molecule has 2 aromatic rings. The molecule has 0 radical (unpaired) electrons. The summed E-state index contributed by atoms with van der Waals surface area (Å²) < 4.78 is 5.36. The summed E-state index contributed by atoms with van der Waals surface area (Å²) in [6, 6.07) is 12.6. The summed E-state index contributed by atoms with van der Waals surface area (Å²) in [5.74, 6) is -1.43. The summed E-state index contributed by atoms with van der Waals surface area (Å²) in [5.41, 5.74) is 7.72. The molecule has 0 heterocycles. The van der Waals surface area contributed by atoms with Gasteiger partial charge in [0.05, 0.1) is 0 Å². The van der Waals surface area contributed by atoms with Crippen LogP contribution in [0.15, 0.2) is 48.5 Å². The Bertz CT molecular complexity index is 1150. The number of rotatable bonds is 10. The van der Waals surface area contributed by atoms with Crippen molar-refractivity contribution in [1.29, 1.82) is 0 Å². The number of nitrogens with one attached hydrogen (secondary N) is 2. The first-order valence-electron chi connectivity index (χ1n) is 12.9. The summed E-state index contributed by atoms with van der Waals surface area (Å²) in [6.45, 7) is 8.97. The molecule has 2 unspecified atom stereocenters. The van der Waals surface area contributed by atoms with Gasteiger partial charge in [0, 0.05) is 18.2 Å². The number of hydrogen-bond acceptors (Lipinski definition) is 5. The fourth-order valence-electron chi connectivity index (χ4n) is 4.32. The molecular formula is C29H38N4O5. The van der Waals surface area contributed by atoms with Gasteiger partial charge in [0.2, 0.25) is 11.8 Å². The summed E-state index contributed by atoms with van der Waals surface area (Å²) in [5, 5.41) is 5.65. The van der Waals surface area contributed by atoms with Gasteiger partial charge in [-0.2, -0.15) is 0 Å². The minimum Gasteiger partial charge on any atom is -0.444 e. The van der Waals surface area contributed by atoms with Crippen molar-refractivity contribution < 1.29 is 23.9 Å². The van der Waals surface area contributed by atoms with Crippen LogP contribution < -0.4 is 16.4 Å². The van der Waals surface area contributed by atoms with Crippen LogP contribution in [-0.4, -0.2) is 46.4 Å². The number of ether oxygens (including phenoxy) is 1. The quantitative estimate of drug-likeness (QED) is 0.432. The number of benzene rings is 2. The molecule has 4 N–H and O–H groups in total. The van der Waals surface area contributed by atoms with Crippen LogP contribution in [0.4, 0.5) is 10.5 Å². The maximum absolute atomic E-state index is 14.1. The second-order valence-corrected chi connectivity index (χ2v) is 10.7. The van der Waals surface area contributed by atoms with E-state index in [2.05, 4.69) is 10.6 Å². The van der Waals surface area contributed by atoms with Gasteiger partial charge in [-0.15, -0.1) is 0 Å². The third kappa shape index (κ3) is 7.81. The lowest BCUT2D eigenvalue weighted by Crippen LogP contribution is -2.53. The predicted molar refractivity (Wildman–Crippen MR) is 145 cm³/mol. The maximum atomic E-state index is 14.1. The predicted octanol–water partition coefficient (Wildman–Crippen LogP) is 4.13. The number of primary amides is 1. The Morgan fingerprint density at radius 1 is 1.00 bits per heavy atom. The summed E-state index contributed by atoms with van der Waals surface area (Å²) >= 11 is 0. The lowest BCUT2D eigenvalue weighted by molar-refractivity contribution is -0.141. The van der Waals surface area contributed by atoms with Gasteiger partial charge in [-0.1, -0.05) is 48.5 Å². The number of aryl methyl sites for hydroxylation is 2. The summed E-state index contributed by atoms with van der Waals surface area (Å²) in [7, 11) is 0. The van der Waals surface area contributed by atoms with Crippen LogP contribution in [0.3, 0.4) is 0 Å². The SMILES string of the molecule is Cc1cccc(C)c1NC(=O)C(c1ccccc1)N(C(=O)C(CCC(N)=O)NC(=O)OC(C)(C)C)C1CC1. The third-order valence-corrected chi connectivity index (χ3v) is 6.23. The molecule has 204 valence electrons. The van der Waals surface area contributed by atoms with Gasteiger partial charge in [0.1, 0.15) is 17.7 Å². The molecule has 0 aromatic heterocycles. The molecule has 3 rings (SSSR count). The average molecular weight is 523 g/mol. The highest BCUT2D eigenvalue weighted by Crippen LogP contribution is 2.36. The summed E-state index contributed by atoms with van der Waals surface area (Å²) in [4.78, 5) is 53.7. The largest absolute Gasteiger partial charge is 0.444 e. The van der Waals surface area contributed by atoms with Crippen molar-refractivity contribution in [3.05, 3.63) is 65.2 Å². The number of carbonyl (C=O) groups is 4. The minimum absolute atomic E-state index is 0.0172. The van der Waals surface area contributed by atoms with Gasteiger partial charge < -0.3 is 26.0 Å².